The van der Waals surface area contributed by atoms with Gasteiger partial charge in [-0.3, -0.25) is 0 Å². The molecular weight excluding hydrogens is 1600 g/mol. The predicted octanol–water partition coefficient (Wildman–Crippen LogP) is 33.1. The molecule has 12 nitrogen and oxygen atoms in total. The van der Waals surface area contributed by atoms with E-state index in [1.165, 1.54) is 305 Å². The average Bonchev–Trinajstić information content (AvgIpc) is 1.60. The summed E-state index contributed by atoms with van der Waals surface area (Å²) in [7, 11) is 0. The van der Waals surface area contributed by atoms with Gasteiger partial charge < -0.3 is 29.9 Å². The van der Waals surface area contributed by atoms with E-state index in [0.717, 1.165) is 147 Å². The number of aryl methyl sites for hydroxylation is 8. The summed E-state index contributed by atoms with van der Waals surface area (Å²) >= 11 is 0. The minimum Gasteiger partial charge on any atom is -0.357 e. The van der Waals surface area contributed by atoms with Gasteiger partial charge in [-0.2, -0.15) is 0 Å². The SMILES string of the molecule is CC(C)(C)N=C=O.CC(C)(C)N=C=O.CCCCCCCc1ccc(CCCCCCC)c2cc3c(cc12)-c1nc-3nc2[n-]c(nc3nc(nc4[n-]c(n1)c1cc5c(CCCCCCC)ccc(CCCCCCC)c5cc41)-c1cc4c(CCCCCCC)ccc(CCCCCCC)c4cc1-3)c1cc3c(CCCCCCC)ccc(CCCCCCC)c3cc21.[Fe+2]. The standard InChI is InChI=1S/C104H136N8.2C5H9NO.Fe/c1-9-17-25-33-41-49-73-57-58-74(50-42-34-26-18-10-2)82-66-90-89(65-81(73)82)97-105-98(90)110-100-93-69-85-77(53-45-37-29-21-13-5)61-62-78(54-46-38-30-22-14-6)86(85)70-94(93)102(107-100)112-104-96-72-88-80(56-48-40-32-24-16-8)64-63-79(55-47-39-31-23-15-7)87(88)71-95(96)103(108-104)111-101-92-68-84-76(52-44-36-28-20-12-4)60-59-75(51-43-35-27-19-11-3)83(84)67-91(92)99(106-101)109-97;2*1-5(2,3)6-4-7;/h57-72H,9-56H2,1-8H3;2*1-3H3;/q-2;;;+2. The fourth-order valence-electron chi connectivity index (χ4n) is 18.9. The van der Waals surface area contributed by atoms with Crippen LogP contribution in [0.15, 0.2) is 107 Å². The zero-order valence-corrected chi connectivity index (χ0v) is 81.9. The molecule has 13 rings (SSSR count). The average molecular weight is 1750 g/mol. The van der Waals surface area contributed by atoms with Gasteiger partial charge in [0.25, 0.3) is 0 Å². The van der Waals surface area contributed by atoms with E-state index in [1.807, 2.05) is 41.5 Å². The van der Waals surface area contributed by atoms with Crippen LogP contribution in [-0.4, -0.2) is 53.1 Å². The van der Waals surface area contributed by atoms with E-state index >= 15 is 0 Å². The van der Waals surface area contributed by atoms with E-state index in [2.05, 4.69) is 162 Å². The topological polar surface area (TPSA) is 164 Å². The van der Waals surface area contributed by atoms with Gasteiger partial charge in [0.15, 0.2) is 0 Å². The molecule has 0 atom stereocenters. The van der Waals surface area contributed by atoms with Gasteiger partial charge >= 0.3 is 17.1 Å². The van der Waals surface area contributed by atoms with Crippen molar-refractivity contribution in [1.29, 1.82) is 0 Å². The number of hydrogen-bond donors (Lipinski definition) is 0. The summed E-state index contributed by atoms with van der Waals surface area (Å²) in [5.41, 5.74) is 17.3. The first kappa shape index (κ1) is 101. The van der Waals surface area contributed by atoms with Crippen molar-refractivity contribution in [3.8, 4) is 45.6 Å². The van der Waals surface area contributed by atoms with Crippen molar-refractivity contribution < 1.29 is 26.7 Å². The van der Waals surface area contributed by atoms with Crippen LogP contribution >= 0.6 is 0 Å². The van der Waals surface area contributed by atoms with Crippen molar-refractivity contribution in [2.24, 2.45) is 9.98 Å². The van der Waals surface area contributed by atoms with Gasteiger partial charge in [0.2, 0.25) is 12.2 Å². The van der Waals surface area contributed by atoms with Gasteiger partial charge in [-0.1, -0.05) is 309 Å². The summed E-state index contributed by atoms with van der Waals surface area (Å²) in [5.74, 6) is 2.55. The van der Waals surface area contributed by atoms with Gasteiger partial charge in [-0.25, -0.2) is 29.5 Å². The molecule has 3 aromatic heterocycles. The van der Waals surface area contributed by atoms with E-state index in [0.29, 0.717) is 45.9 Å². The first-order valence-corrected chi connectivity index (χ1v) is 50.6. The maximum absolute atomic E-state index is 9.53. The maximum Gasteiger partial charge on any atom is 2.00 e. The van der Waals surface area contributed by atoms with Crippen LogP contribution in [0.1, 0.15) is 398 Å². The predicted molar refractivity (Wildman–Crippen MR) is 539 cm³/mol. The maximum atomic E-state index is 9.53. The van der Waals surface area contributed by atoms with E-state index in [1.54, 1.807) is 0 Å². The number of unbranched alkanes of at least 4 members (excludes halogenated alkanes) is 32. The van der Waals surface area contributed by atoms with Gasteiger partial charge in [0.1, 0.15) is 0 Å². The Morgan fingerprint density at radius 1 is 0.228 bits per heavy atom. The number of aromatic nitrogens is 8. The molecule has 680 valence electrons. The number of carbonyl (C=O) groups excluding carboxylic acids is 2. The number of fused-ring (bicyclic) bond motifs is 24. The molecule has 8 aromatic carbocycles. The first-order valence-electron chi connectivity index (χ1n) is 50.6. The Morgan fingerprint density at radius 3 is 0.528 bits per heavy atom. The van der Waals surface area contributed by atoms with Crippen LogP contribution in [-0.2, 0) is 78.0 Å². The number of isocyanates is 2. The summed E-state index contributed by atoms with van der Waals surface area (Å²) in [4.78, 5) is 72.8. The number of benzene rings is 8. The van der Waals surface area contributed by atoms with Crippen molar-refractivity contribution in [2.75, 3.05) is 0 Å². The second-order valence-electron chi connectivity index (χ2n) is 38.9. The number of rotatable bonds is 48. The third kappa shape index (κ3) is 28.2. The Balaban J connectivity index is 0.00000103. The van der Waals surface area contributed by atoms with Crippen LogP contribution in [0.5, 0.6) is 0 Å². The Hall–Kier alpha value is -8.56. The number of aliphatic imine (C=N–C) groups is 2. The summed E-state index contributed by atoms with van der Waals surface area (Å²) in [6, 6.07) is 39.4. The Bertz CT molecular complexity index is 4990. The molecule has 0 spiro atoms. The normalized spacial score (nSPS) is 11.9. The zero-order valence-electron chi connectivity index (χ0n) is 80.8. The first-order chi connectivity index (χ1) is 61.4. The molecule has 11 aromatic rings. The van der Waals surface area contributed by atoms with Gasteiger partial charge in [-0.15, -0.1) is 0 Å². The van der Waals surface area contributed by atoms with Crippen molar-refractivity contribution in [3.05, 3.63) is 142 Å². The molecule has 8 bridgehead atoms. The minimum absolute atomic E-state index is 0. The molecule has 2 aliphatic heterocycles. The molecule has 0 saturated carbocycles. The largest absolute Gasteiger partial charge is 2.00 e. The van der Waals surface area contributed by atoms with Gasteiger partial charge in [0.05, 0.1) is 34.4 Å². The summed E-state index contributed by atoms with van der Waals surface area (Å²) in [6.07, 6.45) is 60.7. The Labute approximate surface area is 774 Å². The van der Waals surface area contributed by atoms with E-state index in [4.69, 9.17) is 39.9 Å². The van der Waals surface area contributed by atoms with E-state index in [-0.39, 0.29) is 28.1 Å². The van der Waals surface area contributed by atoms with E-state index in [9.17, 15) is 9.59 Å². The zero-order chi connectivity index (χ0) is 89.2. The molecular formula is C114H154FeN10O2. The fourth-order valence-corrected chi connectivity index (χ4v) is 18.9. The number of nitrogens with zero attached hydrogens (tertiary/aromatic N) is 10. The molecule has 13 heteroatoms. The van der Waals surface area contributed by atoms with Gasteiger partial charge in [0, 0.05) is 44.8 Å². The van der Waals surface area contributed by atoms with Gasteiger partial charge in [-0.05, 0) is 302 Å². The fraction of sp³-hybridized carbons (Fsp3) is 0.561. The van der Waals surface area contributed by atoms with Crippen LogP contribution in [0.25, 0.3) is 133 Å². The molecule has 0 aliphatic carbocycles. The Morgan fingerprint density at radius 2 is 0.386 bits per heavy atom. The smallest absolute Gasteiger partial charge is 0.357 e. The molecule has 0 saturated heterocycles. The monoisotopic (exact) mass is 1750 g/mol. The second kappa shape index (κ2) is 51.7. The quantitative estimate of drug-likeness (QED) is 0.0155. The molecule has 5 heterocycles. The van der Waals surface area contributed by atoms with Crippen LogP contribution in [0, 0.1) is 0 Å². The summed E-state index contributed by atoms with van der Waals surface area (Å²) in [5, 5.41) is 14.5. The molecule has 0 unspecified atom stereocenters. The Kier molecular flexibility index (Phi) is 41.0. The van der Waals surface area contributed by atoms with Crippen molar-refractivity contribution >= 4 is 99.4 Å². The third-order valence-corrected chi connectivity index (χ3v) is 26.1. The molecule has 0 fully saturated rings. The van der Waals surface area contributed by atoms with Crippen LogP contribution in [0.4, 0.5) is 0 Å². The molecule has 0 radical (unpaired) electrons. The second-order valence-corrected chi connectivity index (χ2v) is 38.9. The molecule has 0 N–H and O–H groups in total. The molecule has 0 amide bonds. The molecule has 127 heavy (non-hydrogen) atoms. The van der Waals surface area contributed by atoms with Crippen molar-refractivity contribution in [1.82, 2.24) is 39.9 Å². The number of hydrogen-bond acceptors (Lipinski definition) is 10. The summed E-state index contributed by atoms with van der Waals surface area (Å²) in [6.45, 7) is 29.6. The third-order valence-electron chi connectivity index (χ3n) is 26.1. The summed E-state index contributed by atoms with van der Waals surface area (Å²) < 4.78 is 0. The van der Waals surface area contributed by atoms with Crippen LogP contribution in [0.2, 0.25) is 0 Å². The van der Waals surface area contributed by atoms with Crippen LogP contribution in [0.3, 0.4) is 0 Å². The van der Waals surface area contributed by atoms with E-state index < -0.39 is 0 Å². The van der Waals surface area contributed by atoms with Crippen LogP contribution < -0.4 is 9.97 Å². The van der Waals surface area contributed by atoms with Crippen molar-refractivity contribution in [3.63, 3.8) is 0 Å². The minimum atomic E-state index is -0.248. The van der Waals surface area contributed by atoms with Crippen molar-refractivity contribution in [2.45, 2.75) is 416 Å². The molecule has 2 aliphatic rings.